The molecule has 0 aliphatic heterocycles. The molecule has 68 heavy (non-hydrogen) atoms. The molecule has 0 unspecified atom stereocenters. The molecule has 8 rings (SSSR count). The van der Waals surface area contributed by atoms with Crippen LogP contribution in [0.25, 0.3) is 33.9 Å². The van der Waals surface area contributed by atoms with Gasteiger partial charge in [0.15, 0.2) is 12.2 Å². The summed E-state index contributed by atoms with van der Waals surface area (Å²) in [4.78, 5) is 23.4. The molecule has 0 aliphatic carbocycles. The zero-order valence-corrected chi connectivity index (χ0v) is 36.6. The van der Waals surface area contributed by atoms with Crippen LogP contribution in [-0.4, -0.2) is 43.5 Å². The molecule has 0 radical (unpaired) electrons. The fourth-order valence-electron chi connectivity index (χ4n) is 7.56. The van der Waals surface area contributed by atoms with Crippen molar-refractivity contribution in [2.75, 3.05) is 0 Å². The number of alkyl halides is 6. The number of rotatable bonds is 14. The molecule has 348 valence electrons. The van der Waals surface area contributed by atoms with Gasteiger partial charge < -0.3 is 28.8 Å². The summed E-state index contributed by atoms with van der Waals surface area (Å²) in [5, 5.41) is 19.1. The van der Waals surface area contributed by atoms with Gasteiger partial charge in [-0.3, -0.25) is 0 Å². The molecule has 2 heterocycles. The molecule has 2 aromatic heterocycles. The average molecular weight is 931 g/mol. The maximum Gasteiger partial charge on any atom is 0.416 e. The van der Waals surface area contributed by atoms with Crippen LogP contribution in [0.4, 0.5) is 26.3 Å². The Morgan fingerprint density at radius 3 is 1.07 bits per heavy atom. The highest BCUT2D eigenvalue weighted by molar-refractivity contribution is 5.74. The van der Waals surface area contributed by atoms with E-state index in [1.807, 2.05) is 108 Å². The summed E-state index contributed by atoms with van der Waals surface area (Å²) in [5.41, 5.74) is 6.48. The van der Waals surface area contributed by atoms with Gasteiger partial charge in [-0.1, -0.05) is 60.7 Å². The van der Waals surface area contributed by atoms with Gasteiger partial charge in [0.25, 0.3) is 0 Å². The molecule has 2 N–H and O–H groups in total. The van der Waals surface area contributed by atoms with E-state index in [4.69, 9.17) is 9.47 Å². The molecule has 14 heteroatoms. The minimum Gasteiger partial charge on any atom is -0.478 e. The van der Waals surface area contributed by atoms with E-state index < -0.39 is 47.6 Å². The Hall–Kier alpha value is -8.00. The van der Waals surface area contributed by atoms with Crippen LogP contribution in [-0.2, 0) is 34.8 Å². The van der Waals surface area contributed by atoms with Crippen molar-refractivity contribution >= 4 is 11.9 Å². The van der Waals surface area contributed by atoms with Crippen LogP contribution < -0.4 is 9.47 Å². The van der Waals surface area contributed by atoms with Crippen molar-refractivity contribution in [2.45, 2.75) is 51.2 Å². The number of benzene rings is 6. The van der Waals surface area contributed by atoms with Crippen molar-refractivity contribution in [3.05, 3.63) is 216 Å². The van der Waals surface area contributed by atoms with Crippen LogP contribution >= 0.6 is 0 Å². The molecule has 6 aromatic carbocycles. The quantitative estimate of drug-likeness (QED) is 0.105. The van der Waals surface area contributed by atoms with E-state index in [9.17, 15) is 46.1 Å². The van der Waals surface area contributed by atoms with Crippen LogP contribution in [0.15, 0.2) is 182 Å². The second-order valence-corrected chi connectivity index (χ2v) is 15.8. The lowest BCUT2D eigenvalue weighted by Gasteiger charge is -2.16. The zero-order valence-electron chi connectivity index (χ0n) is 36.6. The first-order valence-corrected chi connectivity index (χ1v) is 21.2. The molecule has 0 amide bonds. The minimum absolute atomic E-state index is 0.230. The maximum absolute atomic E-state index is 12.9. The van der Waals surface area contributed by atoms with Gasteiger partial charge in [-0.15, -0.1) is 0 Å². The largest absolute Gasteiger partial charge is 0.478 e. The first-order chi connectivity index (χ1) is 32.4. The third-order valence-corrected chi connectivity index (χ3v) is 11.0. The first-order valence-electron chi connectivity index (χ1n) is 21.2. The number of nitrogens with zero attached hydrogens (tertiary/aromatic N) is 2. The maximum atomic E-state index is 12.9. The van der Waals surface area contributed by atoms with Gasteiger partial charge in [0.05, 0.1) is 22.5 Å². The predicted molar refractivity (Wildman–Crippen MR) is 246 cm³/mol. The monoisotopic (exact) mass is 930 g/mol. The standard InChI is InChI=1S/2C27H22F3NO3/c2*1-18-7-16-24(31(18)22-12-10-21(11-13-22)27(28,29)30)20-8-14-23(15-9-20)34-25(26(32)33)17-19-5-3-2-4-6-19/h2*2-16,25H,17H2,1H3,(H,32,33)/t2*25-/m11/s1. The lowest BCUT2D eigenvalue weighted by atomic mass is 10.1. The summed E-state index contributed by atoms with van der Waals surface area (Å²) in [7, 11) is 0. The van der Waals surface area contributed by atoms with Crippen molar-refractivity contribution < 1.29 is 55.6 Å². The number of aromatic nitrogens is 2. The number of ether oxygens (including phenoxy) is 2. The molecule has 8 nitrogen and oxygen atoms in total. The highest BCUT2D eigenvalue weighted by Crippen LogP contribution is 2.34. The van der Waals surface area contributed by atoms with Crippen LogP contribution in [0.1, 0.15) is 33.6 Å². The smallest absolute Gasteiger partial charge is 0.416 e. The molecule has 0 bridgehead atoms. The van der Waals surface area contributed by atoms with Crippen molar-refractivity contribution in [1.29, 1.82) is 0 Å². The summed E-state index contributed by atoms with van der Waals surface area (Å²) in [6.07, 6.45) is -10.4. The number of carboxylic acids is 2. The molecule has 0 fully saturated rings. The summed E-state index contributed by atoms with van der Waals surface area (Å²) < 4.78 is 92.8. The van der Waals surface area contributed by atoms with Gasteiger partial charge >= 0.3 is 24.3 Å². The van der Waals surface area contributed by atoms with Gasteiger partial charge in [0.1, 0.15) is 11.5 Å². The van der Waals surface area contributed by atoms with E-state index in [1.165, 1.54) is 24.3 Å². The van der Waals surface area contributed by atoms with Gasteiger partial charge in [0.2, 0.25) is 0 Å². The van der Waals surface area contributed by atoms with Crippen molar-refractivity contribution in [3.63, 3.8) is 0 Å². The number of carbonyl (C=O) groups is 2. The molecule has 0 spiro atoms. The van der Waals surface area contributed by atoms with Gasteiger partial charge in [0, 0.05) is 35.6 Å². The number of hydrogen-bond acceptors (Lipinski definition) is 4. The highest BCUT2D eigenvalue weighted by atomic mass is 19.4. The Labute approximate surface area is 387 Å². The van der Waals surface area contributed by atoms with Crippen molar-refractivity contribution in [3.8, 4) is 45.4 Å². The fraction of sp³-hybridized carbons (Fsp3) is 0.148. The third-order valence-electron chi connectivity index (χ3n) is 11.0. The minimum atomic E-state index is -4.39. The Morgan fingerprint density at radius 1 is 0.456 bits per heavy atom. The Kier molecular flexibility index (Phi) is 14.6. The second-order valence-electron chi connectivity index (χ2n) is 15.8. The lowest BCUT2D eigenvalue weighted by molar-refractivity contribution is -0.145. The SMILES string of the molecule is Cc1ccc(-c2ccc(O[C@H](Cc3ccccc3)C(=O)O)cc2)n1-c1ccc(C(F)(F)F)cc1.Cc1ccc(-c2ccc(O[C@H](Cc3ccccc3)C(=O)O)cc2)n1-c1ccc(C(F)(F)F)cc1. The van der Waals surface area contributed by atoms with Crippen LogP contribution in [0.3, 0.4) is 0 Å². The fourth-order valence-corrected chi connectivity index (χ4v) is 7.56. The third kappa shape index (κ3) is 11.9. The number of carboxylic acid groups (broad SMARTS) is 2. The van der Waals surface area contributed by atoms with E-state index in [2.05, 4.69) is 0 Å². The molecular weight excluding hydrogens is 887 g/mol. The summed E-state index contributed by atoms with van der Waals surface area (Å²) in [5.74, 6) is -1.28. The Morgan fingerprint density at radius 2 is 0.779 bits per heavy atom. The van der Waals surface area contributed by atoms with E-state index in [0.29, 0.717) is 22.9 Å². The van der Waals surface area contributed by atoms with Crippen molar-refractivity contribution in [2.24, 2.45) is 0 Å². The normalized spacial score (nSPS) is 12.4. The van der Waals surface area contributed by atoms with Gasteiger partial charge in [-0.2, -0.15) is 26.3 Å². The van der Waals surface area contributed by atoms with Crippen LogP contribution in [0.5, 0.6) is 11.5 Å². The van der Waals surface area contributed by atoms with Crippen LogP contribution in [0.2, 0.25) is 0 Å². The first kappa shape index (κ1) is 47.9. The molecule has 0 aliphatic rings. The molecule has 0 saturated heterocycles. The predicted octanol–water partition coefficient (Wildman–Crippen LogP) is 13.1. The lowest BCUT2D eigenvalue weighted by Crippen LogP contribution is -2.29. The molecule has 2 atom stereocenters. The van der Waals surface area contributed by atoms with E-state index >= 15 is 0 Å². The average Bonchev–Trinajstić information content (AvgIpc) is 3.91. The van der Waals surface area contributed by atoms with E-state index in [0.717, 1.165) is 69.3 Å². The summed E-state index contributed by atoms with van der Waals surface area (Å²) in [6, 6.07) is 50.0. The molecule has 8 aromatic rings. The second kappa shape index (κ2) is 20.7. The number of aliphatic carboxylic acids is 2. The Bertz CT molecular complexity index is 2730. The van der Waals surface area contributed by atoms with Crippen molar-refractivity contribution in [1.82, 2.24) is 9.13 Å². The van der Waals surface area contributed by atoms with Gasteiger partial charge in [-0.05, 0) is 157 Å². The molecule has 0 saturated carbocycles. The number of halogens is 6. The van der Waals surface area contributed by atoms with Gasteiger partial charge in [-0.25, -0.2) is 9.59 Å². The van der Waals surface area contributed by atoms with Crippen LogP contribution in [0, 0.1) is 13.8 Å². The highest BCUT2D eigenvalue weighted by Gasteiger charge is 2.31. The Balaban J connectivity index is 0.000000201. The summed E-state index contributed by atoms with van der Waals surface area (Å²) >= 11 is 0. The topological polar surface area (TPSA) is 103 Å². The number of aryl methyl sites for hydroxylation is 2. The zero-order chi connectivity index (χ0) is 48.6. The van der Waals surface area contributed by atoms with E-state index in [1.54, 1.807) is 48.5 Å². The number of hydrogen-bond donors (Lipinski definition) is 2. The van der Waals surface area contributed by atoms with E-state index in [-0.39, 0.29) is 12.8 Å². The molecular formula is C54H44F6N2O6. The summed E-state index contributed by atoms with van der Waals surface area (Å²) in [6.45, 7) is 3.75.